The average molecular weight is 504 g/mol. The maximum Gasteiger partial charge on any atom is 0.321 e. The lowest BCUT2D eigenvalue weighted by Gasteiger charge is -2.13. The minimum Gasteiger partial charge on any atom is -0.480 e. The molecule has 0 spiro atoms. The molecule has 5 aromatic rings. The van der Waals surface area contributed by atoms with Crippen LogP contribution in [0, 0.1) is 5.82 Å². The number of aromatic amines is 1. The standard InChI is InChI=1S/C27H23ClFN5O2/c28-22-13-20(29)11-10-18(22)16-34-32-25(26(33-34)17-6-2-1-3-7-17)15-31-24(27(35)36)12-19-14-30-23-9-5-4-8-21(19)23/h1-11,13-14,24,30-31H,12,15-16H2,(H,35,36)/t24-/m1/s1. The van der Waals surface area contributed by atoms with Crippen molar-refractivity contribution in [1.82, 2.24) is 25.3 Å². The van der Waals surface area contributed by atoms with Crippen molar-refractivity contribution in [2.24, 2.45) is 0 Å². The van der Waals surface area contributed by atoms with E-state index >= 15 is 0 Å². The highest BCUT2D eigenvalue weighted by Gasteiger charge is 2.22. The average Bonchev–Trinajstić information content (AvgIpc) is 3.48. The maximum absolute atomic E-state index is 13.5. The number of carboxylic acids is 1. The smallest absolute Gasteiger partial charge is 0.321 e. The van der Waals surface area contributed by atoms with Crippen molar-refractivity contribution in [3.05, 3.63) is 107 Å². The number of hydrogen-bond acceptors (Lipinski definition) is 4. The van der Waals surface area contributed by atoms with Gasteiger partial charge in [-0.05, 0) is 29.3 Å². The third-order valence-corrected chi connectivity index (χ3v) is 6.36. The molecular weight excluding hydrogens is 481 g/mol. The van der Waals surface area contributed by atoms with E-state index in [0.717, 1.165) is 22.0 Å². The fraction of sp³-hybridized carbons (Fsp3) is 0.148. The summed E-state index contributed by atoms with van der Waals surface area (Å²) in [5, 5.41) is 23.6. The van der Waals surface area contributed by atoms with Crippen LogP contribution >= 0.6 is 11.6 Å². The Morgan fingerprint density at radius 3 is 2.61 bits per heavy atom. The molecule has 0 aliphatic carbocycles. The Kier molecular flexibility index (Phi) is 6.79. The molecule has 0 bridgehead atoms. The van der Waals surface area contributed by atoms with Gasteiger partial charge < -0.3 is 10.1 Å². The highest BCUT2D eigenvalue weighted by Crippen LogP contribution is 2.23. The number of benzene rings is 3. The quantitative estimate of drug-likeness (QED) is 0.261. The summed E-state index contributed by atoms with van der Waals surface area (Å²) in [6.45, 7) is 0.442. The summed E-state index contributed by atoms with van der Waals surface area (Å²) >= 11 is 6.20. The molecule has 0 amide bonds. The van der Waals surface area contributed by atoms with Crippen LogP contribution in [0.25, 0.3) is 22.2 Å². The number of hydrogen-bond donors (Lipinski definition) is 3. The van der Waals surface area contributed by atoms with E-state index in [2.05, 4.69) is 20.5 Å². The molecule has 0 unspecified atom stereocenters. The van der Waals surface area contributed by atoms with Gasteiger partial charge in [-0.25, -0.2) is 4.39 Å². The van der Waals surface area contributed by atoms with E-state index in [9.17, 15) is 14.3 Å². The van der Waals surface area contributed by atoms with Crippen molar-refractivity contribution in [3.8, 4) is 11.3 Å². The molecule has 5 rings (SSSR count). The normalized spacial score (nSPS) is 12.2. The maximum atomic E-state index is 13.5. The molecule has 0 fully saturated rings. The minimum atomic E-state index is -0.952. The third kappa shape index (κ3) is 5.15. The minimum absolute atomic E-state index is 0.195. The Labute approximate surface area is 211 Å². The summed E-state index contributed by atoms with van der Waals surface area (Å²) in [6.07, 6.45) is 2.15. The van der Waals surface area contributed by atoms with Crippen LogP contribution in [0.1, 0.15) is 16.8 Å². The van der Waals surface area contributed by atoms with Crippen molar-refractivity contribution in [3.63, 3.8) is 0 Å². The zero-order valence-electron chi connectivity index (χ0n) is 19.2. The summed E-state index contributed by atoms with van der Waals surface area (Å²) in [4.78, 5) is 16.8. The molecule has 3 aromatic carbocycles. The van der Waals surface area contributed by atoms with E-state index in [0.29, 0.717) is 23.4 Å². The summed E-state index contributed by atoms with van der Waals surface area (Å²) in [7, 11) is 0. The first-order valence-corrected chi connectivity index (χ1v) is 11.8. The lowest BCUT2D eigenvalue weighted by atomic mass is 10.0. The van der Waals surface area contributed by atoms with Crippen molar-refractivity contribution in [1.29, 1.82) is 0 Å². The van der Waals surface area contributed by atoms with Crippen molar-refractivity contribution >= 4 is 28.5 Å². The van der Waals surface area contributed by atoms with Crippen LogP contribution in [0.4, 0.5) is 4.39 Å². The molecule has 0 aliphatic heterocycles. The summed E-state index contributed by atoms with van der Waals surface area (Å²) in [5.74, 6) is -1.37. The molecule has 7 nitrogen and oxygen atoms in total. The van der Waals surface area contributed by atoms with E-state index in [4.69, 9.17) is 11.6 Å². The topological polar surface area (TPSA) is 95.8 Å². The second-order valence-corrected chi connectivity index (χ2v) is 8.87. The Morgan fingerprint density at radius 2 is 1.83 bits per heavy atom. The third-order valence-electron chi connectivity index (χ3n) is 6.01. The molecule has 36 heavy (non-hydrogen) atoms. The molecule has 3 N–H and O–H groups in total. The van der Waals surface area contributed by atoms with E-state index < -0.39 is 17.8 Å². The predicted octanol–water partition coefficient (Wildman–Crippen LogP) is 5.05. The molecule has 0 saturated carbocycles. The zero-order chi connectivity index (χ0) is 25.1. The number of aromatic nitrogens is 4. The van der Waals surface area contributed by atoms with Crippen LogP contribution in [0.5, 0.6) is 0 Å². The number of H-pyrrole nitrogens is 1. The van der Waals surface area contributed by atoms with Crippen LogP contribution in [0.3, 0.4) is 0 Å². The Morgan fingerprint density at radius 1 is 1.06 bits per heavy atom. The molecule has 1 atom stereocenters. The van der Waals surface area contributed by atoms with Gasteiger partial charge in [0.05, 0.1) is 6.54 Å². The number of halogens is 2. The van der Waals surface area contributed by atoms with Crippen LogP contribution in [0.15, 0.2) is 79.0 Å². The highest BCUT2D eigenvalue weighted by atomic mass is 35.5. The monoisotopic (exact) mass is 503 g/mol. The molecule has 2 aromatic heterocycles. The second-order valence-electron chi connectivity index (χ2n) is 8.46. The van der Waals surface area contributed by atoms with E-state index in [1.807, 2.05) is 60.8 Å². The first-order chi connectivity index (χ1) is 17.5. The lowest BCUT2D eigenvalue weighted by molar-refractivity contribution is -0.139. The number of carboxylic acid groups (broad SMARTS) is 1. The molecule has 0 radical (unpaired) electrons. The van der Waals surface area contributed by atoms with Gasteiger partial charge in [0.1, 0.15) is 23.2 Å². The Hall–Kier alpha value is -4.01. The van der Waals surface area contributed by atoms with Crippen LogP contribution in [0.2, 0.25) is 5.02 Å². The molecule has 9 heteroatoms. The van der Waals surface area contributed by atoms with Crippen molar-refractivity contribution < 1.29 is 14.3 Å². The van der Waals surface area contributed by atoms with E-state index in [-0.39, 0.29) is 18.1 Å². The number of nitrogens with one attached hydrogen (secondary N) is 2. The SMILES string of the molecule is O=C(O)[C@@H](Cc1c[nH]c2ccccc12)NCc1nn(Cc2ccc(F)cc2Cl)nc1-c1ccccc1. The van der Waals surface area contributed by atoms with Gasteiger partial charge >= 0.3 is 5.97 Å². The van der Waals surface area contributed by atoms with Crippen LogP contribution in [-0.4, -0.2) is 37.1 Å². The summed E-state index contributed by atoms with van der Waals surface area (Å²) < 4.78 is 13.5. The first kappa shape index (κ1) is 23.7. The van der Waals surface area contributed by atoms with E-state index in [1.54, 1.807) is 6.07 Å². The number of nitrogens with zero attached hydrogens (tertiary/aromatic N) is 3. The van der Waals surface area contributed by atoms with E-state index in [1.165, 1.54) is 16.9 Å². The zero-order valence-corrected chi connectivity index (χ0v) is 19.9. The predicted molar refractivity (Wildman–Crippen MR) is 136 cm³/mol. The highest BCUT2D eigenvalue weighted by molar-refractivity contribution is 6.31. The number of para-hydroxylation sites is 1. The number of fused-ring (bicyclic) bond motifs is 1. The van der Waals surface area contributed by atoms with Crippen LogP contribution < -0.4 is 5.32 Å². The van der Waals surface area contributed by atoms with Crippen LogP contribution in [-0.2, 0) is 24.3 Å². The molecule has 182 valence electrons. The van der Waals surface area contributed by atoms with Gasteiger partial charge in [-0.3, -0.25) is 10.1 Å². The molecule has 2 heterocycles. The fourth-order valence-electron chi connectivity index (χ4n) is 4.18. The lowest BCUT2D eigenvalue weighted by Crippen LogP contribution is -2.38. The largest absolute Gasteiger partial charge is 0.480 e. The van der Waals surface area contributed by atoms with Gasteiger partial charge in [0.25, 0.3) is 0 Å². The van der Waals surface area contributed by atoms with Gasteiger partial charge in [-0.2, -0.15) is 15.0 Å². The number of aliphatic carboxylic acids is 1. The summed E-state index contributed by atoms with van der Waals surface area (Å²) in [6, 6.07) is 20.7. The molecular formula is C27H23ClFN5O2. The van der Waals surface area contributed by atoms with Gasteiger partial charge in [-0.15, -0.1) is 0 Å². The first-order valence-electron chi connectivity index (χ1n) is 11.4. The number of rotatable bonds is 9. The van der Waals surface area contributed by atoms with Crippen molar-refractivity contribution in [2.75, 3.05) is 0 Å². The van der Waals surface area contributed by atoms with Gasteiger partial charge in [0.15, 0.2) is 0 Å². The van der Waals surface area contributed by atoms with Gasteiger partial charge in [0, 0.05) is 40.7 Å². The summed E-state index contributed by atoms with van der Waals surface area (Å²) in [5.41, 5.74) is 4.65. The van der Waals surface area contributed by atoms with Gasteiger partial charge in [0.2, 0.25) is 0 Å². The van der Waals surface area contributed by atoms with Crippen molar-refractivity contribution in [2.45, 2.75) is 25.6 Å². The fourth-order valence-corrected chi connectivity index (χ4v) is 4.41. The number of carbonyl (C=O) groups is 1. The Balaban J connectivity index is 1.40. The van der Waals surface area contributed by atoms with Gasteiger partial charge in [-0.1, -0.05) is 66.2 Å². The molecule has 0 aliphatic rings. The molecule has 0 saturated heterocycles. The Bertz CT molecular complexity index is 1520. The second kappa shape index (κ2) is 10.3.